The molecule has 1 N–H and O–H groups in total. The van der Waals surface area contributed by atoms with Crippen molar-refractivity contribution in [3.05, 3.63) is 70.7 Å². The predicted molar refractivity (Wildman–Crippen MR) is 85.4 cm³/mol. The summed E-state index contributed by atoms with van der Waals surface area (Å²) in [6, 6.07) is 17.0. The zero-order valence-corrected chi connectivity index (χ0v) is 12.6. The van der Waals surface area contributed by atoms with E-state index in [1.807, 2.05) is 49.4 Å². The van der Waals surface area contributed by atoms with Crippen LogP contribution in [0.4, 0.5) is 0 Å². The molecular formula is C17H18ClNO2. The van der Waals surface area contributed by atoms with Gasteiger partial charge in [0, 0.05) is 11.4 Å². The minimum Gasteiger partial charge on any atom is -0.391 e. The van der Waals surface area contributed by atoms with E-state index in [2.05, 4.69) is 5.16 Å². The van der Waals surface area contributed by atoms with E-state index in [1.165, 1.54) is 0 Å². The Morgan fingerprint density at radius 2 is 1.81 bits per heavy atom. The van der Waals surface area contributed by atoms with Crippen molar-refractivity contribution in [3.63, 3.8) is 0 Å². The molecule has 0 saturated carbocycles. The maximum absolute atomic E-state index is 10.1. The molecule has 0 aliphatic rings. The first-order valence-electron chi connectivity index (χ1n) is 6.78. The SMILES string of the molecule is C/C(CC(O)c1ccc(Cl)cc1)=N\OCc1ccccc1. The molecule has 2 aromatic carbocycles. The second-order valence-electron chi connectivity index (χ2n) is 4.86. The lowest BCUT2D eigenvalue weighted by Crippen LogP contribution is -2.04. The van der Waals surface area contributed by atoms with Gasteiger partial charge in [-0.25, -0.2) is 0 Å². The van der Waals surface area contributed by atoms with Gasteiger partial charge >= 0.3 is 0 Å². The lowest BCUT2D eigenvalue weighted by atomic mass is 10.0. The molecule has 2 aromatic rings. The molecule has 0 radical (unpaired) electrons. The number of benzene rings is 2. The van der Waals surface area contributed by atoms with E-state index in [0.29, 0.717) is 18.1 Å². The maximum atomic E-state index is 10.1. The molecule has 0 saturated heterocycles. The van der Waals surface area contributed by atoms with Crippen LogP contribution >= 0.6 is 11.6 Å². The van der Waals surface area contributed by atoms with E-state index in [9.17, 15) is 5.11 Å². The number of nitrogens with zero attached hydrogens (tertiary/aromatic N) is 1. The minimum absolute atomic E-state index is 0.426. The molecule has 0 amide bonds. The van der Waals surface area contributed by atoms with Crippen LogP contribution in [-0.2, 0) is 11.4 Å². The average molecular weight is 304 g/mol. The lowest BCUT2D eigenvalue weighted by molar-refractivity contribution is 0.126. The lowest BCUT2D eigenvalue weighted by Gasteiger charge is -2.10. The van der Waals surface area contributed by atoms with Crippen LogP contribution in [0.1, 0.15) is 30.6 Å². The molecule has 21 heavy (non-hydrogen) atoms. The molecule has 0 spiro atoms. The van der Waals surface area contributed by atoms with E-state index < -0.39 is 6.10 Å². The number of halogens is 1. The van der Waals surface area contributed by atoms with Gasteiger partial charge in [-0.3, -0.25) is 0 Å². The summed E-state index contributed by atoms with van der Waals surface area (Å²) in [6.45, 7) is 2.26. The van der Waals surface area contributed by atoms with E-state index in [4.69, 9.17) is 16.4 Å². The predicted octanol–water partition coefficient (Wildman–Crippen LogP) is 4.36. The second-order valence-corrected chi connectivity index (χ2v) is 5.29. The molecule has 110 valence electrons. The first-order chi connectivity index (χ1) is 10.1. The fraction of sp³-hybridized carbons (Fsp3) is 0.235. The van der Waals surface area contributed by atoms with Crippen molar-refractivity contribution >= 4 is 17.3 Å². The monoisotopic (exact) mass is 303 g/mol. The number of aliphatic hydroxyl groups excluding tert-OH is 1. The Morgan fingerprint density at radius 3 is 2.48 bits per heavy atom. The normalized spacial score (nSPS) is 13.0. The average Bonchev–Trinajstić information content (AvgIpc) is 2.49. The standard InChI is InChI=1S/C17H18ClNO2/c1-13(19-21-12-14-5-3-2-4-6-14)11-17(20)15-7-9-16(18)10-8-15/h2-10,17,20H,11-12H2,1H3/b19-13+. The van der Waals surface area contributed by atoms with Gasteiger partial charge in [-0.2, -0.15) is 0 Å². The van der Waals surface area contributed by atoms with E-state index >= 15 is 0 Å². The number of hydrogen-bond donors (Lipinski definition) is 1. The third-order valence-electron chi connectivity index (χ3n) is 3.04. The molecular weight excluding hydrogens is 286 g/mol. The highest BCUT2D eigenvalue weighted by atomic mass is 35.5. The first kappa shape index (κ1) is 15.5. The van der Waals surface area contributed by atoms with Gasteiger partial charge in [0.25, 0.3) is 0 Å². The van der Waals surface area contributed by atoms with Gasteiger partial charge in [0.1, 0.15) is 6.61 Å². The Kier molecular flexibility index (Phi) is 5.78. The summed E-state index contributed by atoms with van der Waals surface area (Å²) in [4.78, 5) is 5.29. The second kappa shape index (κ2) is 7.81. The molecule has 0 bridgehead atoms. The van der Waals surface area contributed by atoms with Gasteiger partial charge in [-0.05, 0) is 30.2 Å². The van der Waals surface area contributed by atoms with Crippen LogP contribution in [0.2, 0.25) is 5.02 Å². The first-order valence-corrected chi connectivity index (χ1v) is 7.16. The van der Waals surface area contributed by atoms with Crippen LogP contribution in [0.5, 0.6) is 0 Å². The Bertz CT molecular complexity index is 581. The highest BCUT2D eigenvalue weighted by molar-refractivity contribution is 6.30. The smallest absolute Gasteiger partial charge is 0.142 e. The van der Waals surface area contributed by atoms with Gasteiger partial charge < -0.3 is 9.94 Å². The summed E-state index contributed by atoms with van der Waals surface area (Å²) >= 11 is 5.82. The number of rotatable bonds is 6. The van der Waals surface area contributed by atoms with Crippen molar-refractivity contribution in [1.29, 1.82) is 0 Å². The molecule has 3 nitrogen and oxygen atoms in total. The van der Waals surface area contributed by atoms with Crippen LogP contribution in [-0.4, -0.2) is 10.8 Å². The Hall–Kier alpha value is -1.84. The van der Waals surface area contributed by atoms with E-state index in [0.717, 1.165) is 16.8 Å². The number of oxime groups is 1. The van der Waals surface area contributed by atoms with Gasteiger partial charge in [-0.15, -0.1) is 0 Å². The third-order valence-corrected chi connectivity index (χ3v) is 3.29. The van der Waals surface area contributed by atoms with Crippen LogP contribution < -0.4 is 0 Å². The van der Waals surface area contributed by atoms with Crippen LogP contribution in [0, 0.1) is 0 Å². The molecule has 0 heterocycles. The van der Waals surface area contributed by atoms with Crippen molar-refractivity contribution in [3.8, 4) is 0 Å². The summed E-state index contributed by atoms with van der Waals surface area (Å²) in [5.41, 5.74) is 2.62. The molecule has 1 atom stereocenters. The maximum Gasteiger partial charge on any atom is 0.142 e. The molecule has 2 rings (SSSR count). The topological polar surface area (TPSA) is 41.8 Å². The van der Waals surface area contributed by atoms with Crippen LogP contribution in [0.3, 0.4) is 0 Å². The number of hydrogen-bond acceptors (Lipinski definition) is 3. The fourth-order valence-corrected chi connectivity index (χ4v) is 2.04. The highest BCUT2D eigenvalue weighted by Gasteiger charge is 2.09. The van der Waals surface area contributed by atoms with Gasteiger partial charge in [0.15, 0.2) is 0 Å². The Labute approximate surface area is 129 Å². The summed E-state index contributed by atoms with van der Waals surface area (Å²) in [6.07, 6.45) is -0.178. The molecule has 0 aliphatic carbocycles. The van der Waals surface area contributed by atoms with E-state index in [1.54, 1.807) is 12.1 Å². The van der Waals surface area contributed by atoms with Crippen molar-refractivity contribution in [2.24, 2.45) is 5.16 Å². The zero-order chi connectivity index (χ0) is 15.1. The van der Waals surface area contributed by atoms with Crippen molar-refractivity contribution in [1.82, 2.24) is 0 Å². The Morgan fingerprint density at radius 1 is 1.14 bits per heavy atom. The van der Waals surface area contributed by atoms with Gasteiger partial charge in [0.2, 0.25) is 0 Å². The fourth-order valence-electron chi connectivity index (χ4n) is 1.91. The summed E-state index contributed by atoms with van der Waals surface area (Å²) in [5, 5.41) is 14.8. The zero-order valence-electron chi connectivity index (χ0n) is 11.9. The summed E-state index contributed by atoms with van der Waals surface area (Å²) < 4.78 is 0. The van der Waals surface area contributed by atoms with Crippen LogP contribution in [0.15, 0.2) is 59.8 Å². The van der Waals surface area contributed by atoms with Crippen molar-refractivity contribution in [2.45, 2.75) is 26.1 Å². The largest absolute Gasteiger partial charge is 0.391 e. The highest BCUT2D eigenvalue weighted by Crippen LogP contribution is 2.19. The van der Waals surface area contributed by atoms with Gasteiger partial charge in [0.05, 0.1) is 11.8 Å². The molecule has 0 aliphatic heterocycles. The third kappa shape index (κ3) is 5.21. The van der Waals surface area contributed by atoms with Crippen LogP contribution in [0.25, 0.3) is 0 Å². The quantitative estimate of drug-likeness (QED) is 0.636. The summed E-state index contributed by atoms with van der Waals surface area (Å²) in [7, 11) is 0. The molecule has 0 aromatic heterocycles. The van der Waals surface area contributed by atoms with Crippen molar-refractivity contribution in [2.75, 3.05) is 0 Å². The van der Waals surface area contributed by atoms with Gasteiger partial charge in [-0.1, -0.05) is 59.2 Å². The molecule has 4 heteroatoms. The summed E-state index contributed by atoms with van der Waals surface area (Å²) in [5.74, 6) is 0. The Balaban J connectivity index is 1.84. The molecule has 0 fully saturated rings. The minimum atomic E-state index is -0.605. The van der Waals surface area contributed by atoms with E-state index in [-0.39, 0.29) is 0 Å². The molecule has 1 unspecified atom stereocenters. The van der Waals surface area contributed by atoms with Crippen molar-refractivity contribution < 1.29 is 9.94 Å². The number of aliphatic hydroxyl groups is 1.